The summed E-state index contributed by atoms with van der Waals surface area (Å²) >= 11 is 0. The number of benzene rings is 1. The van der Waals surface area contributed by atoms with Gasteiger partial charge in [-0.25, -0.2) is 14.1 Å². The Balaban J connectivity index is 1.90. The topological polar surface area (TPSA) is 68.2 Å². The first-order valence-corrected chi connectivity index (χ1v) is 7.39. The Kier molecular flexibility index (Phi) is 5.52. The first kappa shape index (κ1) is 16.0. The predicted molar refractivity (Wildman–Crippen MR) is 86.3 cm³/mol. The smallest absolute Gasteiger partial charge is 0.188 e. The number of guanidine groups is 1. The van der Waals surface area contributed by atoms with Gasteiger partial charge in [-0.1, -0.05) is 13.8 Å². The van der Waals surface area contributed by atoms with Gasteiger partial charge in [0, 0.05) is 12.7 Å². The summed E-state index contributed by atoms with van der Waals surface area (Å²) in [5, 5.41) is 7.47. The highest BCUT2D eigenvalue weighted by Gasteiger charge is 2.02. The van der Waals surface area contributed by atoms with Crippen LogP contribution in [0.4, 0.5) is 4.39 Å². The van der Waals surface area contributed by atoms with Crippen LogP contribution >= 0.6 is 0 Å². The van der Waals surface area contributed by atoms with Crippen molar-refractivity contribution in [1.29, 1.82) is 0 Å². The van der Waals surface area contributed by atoms with Crippen LogP contribution in [0.15, 0.2) is 41.5 Å². The van der Waals surface area contributed by atoms with Gasteiger partial charge < -0.3 is 11.1 Å². The molecule has 22 heavy (non-hydrogen) atoms. The molecule has 1 aromatic carbocycles. The van der Waals surface area contributed by atoms with Gasteiger partial charge in [-0.05, 0) is 42.7 Å². The Hall–Kier alpha value is -2.37. The molecule has 0 aliphatic heterocycles. The third-order valence-electron chi connectivity index (χ3n) is 3.17. The second kappa shape index (κ2) is 7.59. The Labute approximate surface area is 130 Å². The Morgan fingerprint density at radius 2 is 2.05 bits per heavy atom. The van der Waals surface area contributed by atoms with Gasteiger partial charge in [-0.15, -0.1) is 0 Å². The molecule has 0 atom stereocenters. The molecule has 118 valence electrons. The maximum absolute atomic E-state index is 12.9. The van der Waals surface area contributed by atoms with Gasteiger partial charge in [0.25, 0.3) is 0 Å². The number of nitrogens with one attached hydrogen (secondary N) is 1. The third kappa shape index (κ3) is 4.87. The van der Waals surface area contributed by atoms with E-state index in [9.17, 15) is 4.39 Å². The van der Waals surface area contributed by atoms with Gasteiger partial charge in [-0.2, -0.15) is 5.10 Å². The van der Waals surface area contributed by atoms with E-state index in [-0.39, 0.29) is 5.82 Å². The lowest BCUT2D eigenvalue weighted by Crippen LogP contribution is -2.32. The van der Waals surface area contributed by atoms with Gasteiger partial charge >= 0.3 is 0 Å². The number of rotatable bonds is 6. The highest BCUT2D eigenvalue weighted by Crippen LogP contribution is 2.09. The SMILES string of the molecule is CC(C)CCNC(N)=NCc1ccn(-c2ccc(F)cc2)n1. The second-order valence-electron chi connectivity index (χ2n) is 5.54. The van der Waals surface area contributed by atoms with Crippen LogP contribution in [0.5, 0.6) is 0 Å². The van der Waals surface area contributed by atoms with E-state index in [0.717, 1.165) is 24.3 Å². The molecule has 1 aromatic heterocycles. The summed E-state index contributed by atoms with van der Waals surface area (Å²) in [5.74, 6) is 0.796. The molecule has 3 N–H and O–H groups in total. The normalized spacial score (nSPS) is 11.9. The minimum atomic E-state index is -0.263. The molecule has 0 aliphatic carbocycles. The van der Waals surface area contributed by atoms with Crippen LogP contribution in [-0.4, -0.2) is 22.3 Å². The molecule has 0 unspecified atom stereocenters. The van der Waals surface area contributed by atoms with Crippen molar-refractivity contribution in [1.82, 2.24) is 15.1 Å². The molecule has 2 aromatic rings. The van der Waals surface area contributed by atoms with Crippen molar-refractivity contribution >= 4 is 5.96 Å². The molecule has 0 bridgehead atoms. The van der Waals surface area contributed by atoms with E-state index in [0.29, 0.717) is 18.4 Å². The summed E-state index contributed by atoms with van der Waals surface area (Å²) in [6.07, 6.45) is 2.87. The van der Waals surface area contributed by atoms with E-state index in [2.05, 4.69) is 29.3 Å². The van der Waals surface area contributed by atoms with Crippen molar-refractivity contribution in [2.24, 2.45) is 16.6 Å². The first-order valence-electron chi connectivity index (χ1n) is 7.39. The molecular formula is C16H22FN5. The number of halogens is 1. The zero-order valence-electron chi connectivity index (χ0n) is 13.0. The molecule has 0 fully saturated rings. The lowest BCUT2D eigenvalue weighted by atomic mass is 10.1. The van der Waals surface area contributed by atoms with E-state index >= 15 is 0 Å². The van der Waals surface area contributed by atoms with E-state index in [1.165, 1.54) is 12.1 Å². The van der Waals surface area contributed by atoms with Gasteiger partial charge in [0.15, 0.2) is 5.96 Å². The molecular weight excluding hydrogens is 281 g/mol. The summed E-state index contributed by atoms with van der Waals surface area (Å²) in [6, 6.07) is 8.04. The molecule has 0 spiro atoms. The standard InChI is InChI=1S/C16H22FN5/c1-12(2)7-9-19-16(18)20-11-14-8-10-22(21-14)15-5-3-13(17)4-6-15/h3-6,8,10,12H,7,9,11H2,1-2H3,(H3,18,19,20). The number of aliphatic imine (C=N–C) groups is 1. The maximum atomic E-state index is 12.9. The van der Waals surface area contributed by atoms with Crippen LogP contribution in [0.25, 0.3) is 5.69 Å². The summed E-state index contributed by atoms with van der Waals surface area (Å²) < 4.78 is 14.6. The van der Waals surface area contributed by atoms with Crippen LogP contribution in [0.3, 0.4) is 0 Å². The zero-order chi connectivity index (χ0) is 15.9. The van der Waals surface area contributed by atoms with Gasteiger partial charge in [0.05, 0.1) is 17.9 Å². The van der Waals surface area contributed by atoms with E-state index in [1.54, 1.807) is 16.8 Å². The van der Waals surface area contributed by atoms with Crippen molar-refractivity contribution in [2.75, 3.05) is 6.54 Å². The van der Waals surface area contributed by atoms with Crippen LogP contribution in [0, 0.1) is 11.7 Å². The molecule has 2 rings (SSSR count). The van der Waals surface area contributed by atoms with Crippen LogP contribution in [-0.2, 0) is 6.54 Å². The fourth-order valence-corrected chi connectivity index (χ4v) is 1.89. The molecule has 0 saturated heterocycles. The number of aromatic nitrogens is 2. The number of hydrogen-bond donors (Lipinski definition) is 2. The van der Waals surface area contributed by atoms with Crippen molar-refractivity contribution < 1.29 is 4.39 Å². The summed E-state index contributed by atoms with van der Waals surface area (Å²) in [6.45, 7) is 5.56. The monoisotopic (exact) mass is 303 g/mol. The summed E-state index contributed by atoms with van der Waals surface area (Å²) in [7, 11) is 0. The number of nitrogens with zero attached hydrogens (tertiary/aromatic N) is 3. The lowest BCUT2D eigenvalue weighted by molar-refractivity contribution is 0.576. The second-order valence-corrected chi connectivity index (χ2v) is 5.54. The fourth-order valence-electron chi connectivity index (χ4n) is 1.89. The van der Waals surface area contributed by atoms with Crippen LogP contribution in [0.2, 0.25) is 0 Å². The number of nitrogens with two attached hydrogens (primary N) is 1. The molecule has 5 nitrogen and oxygen atoms in total. The molecule has 0 amide bonds. The quantitative estimate of drug-likeness (QED) is 0.636. The molecule has 0 aliphatic rings. The highest BCUT2D eigenvalue weighted by atomic mass is 19.1. The molecule has 6 heteroatoms. The van der Waals surface area contributed by atoms with Crippen molar-refractivity contribution in [3.63, 3.8) is 0 Å². The average molecular weight is 303 g/mol. The minimum Gasteiger partial charge on any atom is -0.370 e. The summed E-state index contributed by atoms with van der Waals surface area (Å²) in [4.78, 5) is 4.26. The predicted octanol–water partition coefficient (Wildman–Crippen LogP) is 2.46. The van der Waals surface area contributed by atoms with Gasteiger partial charge in [0.1, 0.15) is 5.82 Å². The Morgan fingerprint density at radius 3 is 2.73 bits per heavy atom. The van der Waals surface area contributed by atoms with E-state index in [4.69, 9.17) is 5.73 Å². The third-order valence-corrected chi connectivity index (χ3v) is 3.17. The van der Waals surface area contributed by atoms with Gasteiger partial charge in [-0.3, -0.25) is 0 Å². The fraction of sp³-hybridized carbons (Fsp3) is 0.375. The number of hydrogen-bond acceptors (Lipinski definition) is 2. The average Bonchev–Trinajstić information content (AvgIpc) is 2.94. The highest BCUT2D eigenvalue weighted by molar-refractivity contribution is 5.77. The Bertz CT molecular complexity index is 616. The molecule has 0 saturated carbocycles. The van der Waals surface area contributed by atoms with Crippen LogP contribution < -0.4 is 11.1 Å². The van der Waals surface area contributed by atoms with Crippen LogP contribution in [0.1, 0.15) is 26.0 Å². The van der Waals surface area contributed by atoms with E-state index < -0.39 is 0 Å². The zero-order valence-corrected chi connectivity index (χ0v) is 13.0. The van der Waals surface area contributed by atoms with Crippen molar-refractivity contribution in [2.45, 2.75) is 26.8 Å². The van der Waals surface area contributed by atoms with Crippen molar-refractivity contribution in [3.05, 3.63) is 48.0 Å². The molecule has 0 radical (unpaired) electrons. The molecule has 1 heterocycles. The van der Waals surface area contributed by atoms with Gasteiger partial charge in [0.2, 0.25) is 0 Å². The summed E-state index contributed by atoms with van der Waals surface area (Å²) in [5.41, 5.74) is 7.41. The maximum Gasteiger partial charge on any atom is 0.188 e. The van der Waals surface area contributed by atoms with E-state index in [1.807, 2.05) is 12.3 Å². The minimum absolute atomic E-state index is 0.263. The van der Waals surface area contributed by atoms with Crippen molar-refractivity contribution in [3.8, 4) is 5.69 Å². The Morgan fingerprint density at radius 1 is 1.32 bits per heavy atom. The lowest BCUT2D eigenvalue weighted by Gasteiger charge is -2.07. The first-order chi connectivity index (χ1) is 10.5. The largest absolute Gasteiger partial charge is 0.370 e.